The van der Waals surface area contributed by atoms with Gasteiger partial charge in [-0.25, -0.2) is 4.63 Å². The van der Waals surface area contributed by atoms with Gasteiger partial charge in [0.25, 0.3) is 0 Å². The van der Waals surface area contributed by atoms with Crippen LogP contribution in [-0.2, 0) is 9.53 Å². The van der Waals surface area contributed by atoms with Crippen molar-refractivity contribution in [2.24, 2.45) is 5.92 Å². The van der Waals surface area contributed by atoms with Gasteiger partial charge in [-0.1, -0.05) is 0 Å². The van der Waals surface area contributed by atoms with E-state index in [9.17, 15) is 14.9 Å². The second-order valence-electron chi connectivity index (χ2n) is 6.39. The first-order chi connectivity index (χ1) is 12.4. The highest BCUT2D eigenvalue weighted by atomic mass is 16.6. The summed E-state index contributed by atoms with van der Waals surface area (Å²) in [6, 6.07) is 1.73. The number of nitro groups is 1. The van der Waals surface area contributed by atoms with Gasteiger partial charge in [0.05, 0.1) is 23.1 Å². The van der Waals surface area contributed by atoms with E-state index in [0.29, 0.717) is 43.7 Å². The second-order valence-corrected chi connectivity index (χ2v) is 6.39. The molecule has 10 nitrogen and oxygen atoms in total. The molecule has 1 aromatic carbocycles. The minimum Gasteiger partial charge on any atom is -0.466 e. The standard InChI is InChI=1S/C16H21N5O5/c1-4-25-16(22)10-5-7-20(8-6-10)11-9-12(19(2)3)15(21(23)24)14-13(11)17-26-18-14/h9-10H,4-8H2,1-3H3. The van der Waals surface area contributed by atoms with Crippen LogP contribution in [0.5, 0.6) is 0 Å². The van der Waals surface area contributed by atoms with Crippen LogP contribution in [0.4, 0.5) is 17.1 Å². The van der Waals surface area contributed by atoms with Crippen LogP contribution < -0.4 is 9.80 Å². The Kier molecular flexibility index (Phi) is 4.92. The zero-order valence-corrected chi connectivity index (χ0v) is 15.0. The first kappa shape index (κ1) is 17.9. The van der Waals surface area contributed by atoms with Crippen LogP contribution in [0, 0.1) is 16.0 Å². The predicted octanol–water partition coefficient (Wildman–Crippen LogP) is 1.98. The van der Waals surface area contributed by atoms with Crippen LogP contribution in [0.15, 0.2) is 10.7 Å². The molecule has 0 bridgehead atoms. The number of piperidine rings is 1. The Labute approximate surface area is 149 Å². The average Bonchev–Trinajstić information content (AvgIpc) is 3.09. The first-order valence-corrected chi connectivity index (χ1v) is 8.46. The lowest BCUT2D eigenvalue weighted by molar-refractivity contribution is -0.382. The smallest absolute Gasteiger partial charge is 0.323 e. The van der Waals surface area contributed by atoms with Crippen molar-refractivity contribution in [1.29, 1.82) is 0 Å². The van der Waals surface area contributed by atoms with E-state index >= 15 is 0 Å². The van der Waals surface area contributed by atoms with Gasteiger partial charge in [0.2, 0.25) is 5.52 Å². The molecule has 2 aromatic rings. The summed E-state index contributed by atoms with van der Waals surface area (Å²) in [7, 11) is 3.47. The van der Waals surface area contributed by atoms with Crippen molar-refractivity contribution in [2.75, 3.05) is 43.6 Å². The average molecular weight is 363 g/mol. The molecule has 1 aliphatic heterocycles. The number of anilines is 2. The Hall–Kier alpha value is -2.91. The van der Waals surface area contributed by atoms with Crippen LogP contribution in [-0.4, -0.2) is 55.0 Å². The normalized spacial score (nSPS) is 15.3. The van der Waals surface area contributed by atoms with E-state index in [1.165, 1.54) is 0 Å². The van der Waals surface area contributed by atoms with Gasteiger partial charge in [-0.05, 0) is 36.1 Å². The summed E-state index contributed by atoms with van der Waals surface area (Å²) in [5.41, 5.74) is 1.51. The minimum atomic E-state index is -0.474. The molecular weight excluding hydrogens is 342 g/mol. The molecule has 26 heavy (non-hydrogen) atoms. The molecule has 0 radical (unpaired) electrons. The quantitative estimate of drug-likeness (QED) is 0.446. The molecule has 0 unspecified atom stereocenters. The van der Waals surface area contributed by atoms with Crippen LogP contribution >= 0.6 is 0 Å². The Morgan fingerprint density at radius 1 is 1.38 bits per heavy atom. The Morgan fingerprint density at radius 3 is 2.62 bits per heavy atom. The third-order valence-electron chi connectivity index (χ3n) is 4.59. The predicted molar refractivity (Wildman–Crippen MR) is 94.4 cm³/mol. The number of fused-ring (bicyclic) bond motifs is 1. The van der Waals surface area contributed by atoms with E-state index in [4.69, 9.17) is 9.37 Å². The number of hydrogen-bond donors (Lipinski definition) is 0. The molecule has 140 valence electrons. The SMILES string of the molecule is CCOC(=O)C1CCN(c2cc(N(C)C)c([N+](=O)[O-])c3nonc23)CC1. The molecule has 0 spiro atoms. The van der Waals surface area contributed by atoms with E-state index in [1.54, 1.807) is 32.0 Å². The molecule has 0 N–H and O–H groups in total. The number of carbonyl (C=O) groups excluding carboxylic acids is 1. The van der Waals surface area contributed by atoms with Crippen LogP contribution in [0.2, 0.25) is 0 Å². The largest absolute Gasteiger partial charge is 0.466 e. The molecule has 1 aliphatic rings. The van der Waals surface area contributed by atoms with E-state index < -0.39 is 4.92 Å². The fraction of sp³-hybridized carbons (Fsp3) is 0.562. The molecule has 0 amide bonds. The highest BCUT2D eigenvalue weighted by Gasteiger charge is 2.31. The summed E-state index contributed by atoms with van der Waals surface area (Å²) < 4.78 is 9.89. The van der Waals surface area contributed by atoms with Crippen molar-refractivity contribution in [3.63, 3.8) is 0 Å². The fourth-order valence-electron chi connectivity index (χ4n) is 3.28. The van der Waals surface area contributed by atoms with Gasteiger partial charge in [0.15, 0.2) is 5.52 Å². The van der Waals surface area contributed by atoms with Gasteiger partial charge in [0, 0.05) is 27.2 Å². The molecule has 1 aromatic heterocycles. The Balaban J connectivity index is 1.94. The number of ether oxygens (including phenoxy) is 1. The first-order valence-electron chi connectivity index (χ1n) is 8.46. The molecule has 0 saturated carbocycles. The summed E-state index contributed by atoms with van der Waals surface area (Å²) in [5.74, 6) is -0.290. The summed E-state index contributed by atoms with van der Waals surface area (Å²) in [4.78, 5) is 26.7. The van der Waals surface area contributed by atoms with Crippen LogP contribution in [0.1, 0.15) is 19.8 Å². The highest BCUT2D eigenvalue weighted by Crippen LogP contribution is 2.40. The number of benzene rings is 1. The minimum absolute atomic E-state index is 0.122. The molecule has 2 heterocycles. The molecule has 1 saturated heterocycles. The van der Waals surface area contributed by atoms with E-state index in [-0.39, 0.29) is 23.1 Å². The monoisotopic (exact) mass is 363 g/mol. The number of rotatable bonds is 5. The zero-order chi connectivity index (χ0) is 18.8. The van der Waals surface area contributed by atoms with Gasteiger partial charge >= 0.3 is 11.7 Å². The number of esters is 1. The van der Waals surface area contributed by atoms with Crippen molar-refractivity contribution >= 4 is 34.1 Å². The van der Waals surface area contributed by atoms with Crippen LogP contribution in [0.3, 0.4) is 0 Å². The lowest BCUT2D eigenvalue weighted by atomic mass is 9.96. The molecular formula is C16H21N5O5. The van der Waals surface area contributed by atoms with Gasteiger partial charge < -0.3 is 14.5 Å². The van der Waals surface area contributed by atoms with E-state index in [2.05, 4.69) is 15.2 Å². The topological polar surface area (TPSA) is 115 Å². The maximum Gasteiger partial charge on any atom is 0.323 e. The fourth-order valence-corrected chi connectivity index (χ4v) is 3.28. The van der Waals surface area contributed by atoms with Crippen molar-refractivity contribution in [2.45, 2.75) is 19.8 Å². The number of carbonyl (C=O) groups is 1. The number of nitro benzene ring substituents is 1. The van der Waals surface area contributed by atoms with Gasteiger partial charge in [-0.15, -0.1) is 0 Å². The van der Waals surface area contributed by atoms with Crippen molar-refractivity contribution in [3.8, 4) is 0 Å². The van der Waals surface area contributed by atoms with Gasteiger partial charge in [0.1, 0.15) is 5.69 Å². The molecule has 10 heteroatoms. The van der Waals surface area contributed by atoms with Crippen molar-refractivity contribution in [1.82, 2.24) is 10.3 Å². The van der Waals surface area contributed by atoms with E-state index in [0.717, 1.165) is 5.69 Å². The van der Waals surface area contributed by atoms with Gasteiger partial charge in [-0.2, -0.15) is 0 Å². The Bertz CT molecular complexity index is 826. The summed E-state index contributed by atoms with van der Waals surface area (Å²) in [6.07, 6.45) is 1.31. The summed E-state index contributed by atoms with van der Waals surface area (Å²) in [6.45, 7) is 3.41. The number of hydrogen-bond acceptors (Lipinski definition) is 9. The van der Waals surface area contributed by atoms with Crippen LogP contribution in [0.25, 0.3) is 11.0 Å². The van der Waals surface area contributed by atoms with Gasteiger partial charge in [-0.3, -0.25) is 14.9 Å². The van der Waals surface area contributed by atoms with E-state index in [1.807, 2.05) is 0 Å². The molecule has 0 atom stereocenters. The maximum absolute atomic E-state index is 11.9. The Morgan fingerprint density at radius 2 is 2.04 bits per heavy atom. The van der Waals surface area contributed by atoms with Crippen molar-refractivity contribution < 1.29 is 19.1 Å². The number of nitrogens with zero attached hydrogens (tertiary/aromatic N) is 5. The third-order valence-corrected chi connectivity index (χ3v) is 4.59. The lowest BCUT2D eigenvalue weighted by Crippen LogP contribution is -2.37. The molecule has 3 rings (SSSR count). The third kappa shape index (κ3) is 3.14. The number of aromatic nitrogens is 2. The second kappa shape index (κ2) is 7.14. The van der Waals surface area contributed by atoms with Crippen molar-refractivity contribution in [3.05, 3.63) is 16.2 Å². The summed E-state index contributed by atoms with van der Waals surface area (Å²) in [5, 5.41) is 19.1. The molecule has 0 aliphatic carbocycles. The lowest BCUT2D eigenvalue weighted by Gasteiger charge is -2.32. The highest BCUT2D eigenvalue weighted by molar-refractivity contribution is 6.00. The maximum atomic E-state index is 11.9. The zero-order valence-electron chi connectivity index (χ0n) is 15.0. The molecule has 1 fully saturated rings. The summed E-state index contributed by atoms with van der Waals surface area (Å²) >= 11 is 0.